The third-order valence-corrected chi connectivity index (χ3v) is 5.99. The van der Waals surface area contributed by atoms with Crippen molar-refractivity contribution < 1.29 is 14.7 Å². The molecule has 1 N–H and O–H groups in total. The number of aromatic nitrogens is 1. The second kappa shape index (κ2) is 6.28. The third kappa shape index (κ3) is 2.69. The molecule has 7 nitrogen and oxygen atoms in total. The van der Waals surface area contributed by atoms with E-state index in [9.17, 15) is 14.7 Å². The number of aliphatic hydroxyl groups excluding tert-OH is 1. The van der Waals surface area contributed by atoms with Gasteiger partial charge in [-0.15, -0.1) is 0 Å². The highest BCUT2D eigenvalue weighted by atomic mass is 16.3. The maximum absolute atomic E-state index is 12.9. The molecular formula is C20H22N4O3. The van der Waals surface area contributed by atoms with Crippen molar-refractivity contribution in [1.29, 1.82) is 0 Å². The van der Waals surface area contributed by atoms with Gasteiger partial charge in [0.15, 0.2) is 0 Å². The molecule has 1 aromatic carbocycles. The van der Waals surface area contributed by atoms with Crippen molar-refractivity contribution in [1.82, 2.24) is 19.7 Å². The zero-order valence-electron chi connectivity index (χ0n) is 15.0. The Morgan fingerprint density at radius 2 is 1.81 bits per heavy atom. The molecule has 3 saturated heterocycles. The molecule has 5 rings (SSSR count). The number of rotatable bonds is 2. The number of piperazine rings is 2. The number of fused-ring (bicyclic) bond motifs is 3. The average Bonchev–Trinajstić information content (AvgIpc) is 3.09. The summed E-state index contributed by atoms with van der Waals surface area (Å²) in [4.78, 5) is 35.7. The quantitative estimate of drug-likeness (QED) is 0.823. The Morgan fingerprint density at radius 1 is 1.00 bits per heavy atom. The highest BCUT2D eigenvalue weighted by Crippen LogP contribution is 2.29. The number of amides is 2. The van der Waals surface area contributed by atoms with Crippen molar-refractivity contribution >= 4 is 22.7 Å². The summed E-state index contributed by atoms with van der Waals surface area (Å²) in [6.07, 6.45) is 1.56. The lowest BCUT2D eigenvalue weighted by molar-refractivity contribution is -0.163. The minimum Gasteiger partial charge on any atom is -0.391 e. The fraction of sp³-hybridized carbons (Fsp3) is 0.450. The number of carbonyl (C=O) groups is 2. The van der Waals surface area contributed by atoms with Crippen LogP contribution in [0.25, 0.3) is 10.9 Å². The maximum Gasteiger partial charge on any atom is 0.247 e. The molecule has 3 aliphatic rings. The summed E-state index contributed by atoms with van der Waals surface area (Å²) in [6.45, 7) is 2.77. The number of pyridine rings is 1. The molecule has 140 valence electrons. The van der Waals surface area contributed by atoms with E-state index in [0.29, 0.717) is 26.1 Å². The van der Waals surface area contributed by atoms with Crippen LogP contribution in [-0.4, -0.2) is 81.0 Å². The monoisotopic (exact) mass is 366 g/mol. The first-order valence-electron chi connectivity index (χ1n) is 9.46. The highest BCUT2D eigenvalue weighted by molar-refractivity contribution is 5.98. The van der Waals surface area contributed by atoms with E-state index in [0.717, 1.165) is 23.0 Å². The van der Waals surface area contributed by atoms with E-state index in [1.165, 1.54) is 0 Å². The summed E-state index contributed by atoms with van der Waals surface area (Å²) in [5.74, 6) is -0.0421. The average molecular weight is 366 g/mol. The van der Waals surface area contributed by atoms with E-state index in [2.05, 4.69) is 16.0 Å². The van der Waals surface area contributed by atoms with Gasteiger partial charge in [-0.05, 0) is 11.6 Å². The van der Waals surface area contributed by atoms with Crippen molar-refractivity contribution in [2.24, 2.45) is 0 Å². The molecule has 1 aromatic heterocycles. The molecule has 2 aromatic rings. The summed E-state index contributed by atoms with van der Waals surface area (Å²) in [5, 5.41) is 11.0. The van der Waals surface area contributed by atoms with Crippen LogP contribution in [0.2, 0.25) is 0 Å². The molecule has 3 fully saturated rings. The van der Waals surface area contributed by atoms with E-state index in [4.69, 9.17) is 0 Å². The molecule has 0 aliphatic carbocycles. The number of carbonyl (C=O) groups excluding carboxylic acids is 2. The SMILES string of the molecule is O=C1[C@@H]2C[C@@H](O)CN2C(=O)[C@H]2CN(Cc3cccc4cccnc34)CCN12. The zero-order valence-corrected chi connectivity index (χ0v) is 15.0. The topological polar surface area (TPSA) is 77.0 Å². The zero-order chi connectivity index (χ0) is 18.5. The van der Waals surface area contributed by atoms with E-state index in [1.807, 2.05) is 24.3 Å². The van der Waals surface area contributed by atoms with E-state index < -0.39 is 18.2 Å². The second-order valence-corrected chi connectivity index (χ2v) is 7.67. The molecule has 0 bridgehead atoms. The van der Waals surface area contributed by atoms with Gasteiger partial charge in [-0.3, -0.25) is 19.5 Å². The smallest absolute Gasteiger partial charge is 0.247 e. The van der Waals surface area contributed by atoms with Crippen LogP contribution in [0.4, 0.5) is 0 Å². The Kier molecular flexibility index (Phi) is 3.87. The summed E-state index contributed by atoms with van der Waals surface area (Å²) in [7, 11) is 0. The fourth-order valence-electron chi connectivity index (χ4n) is 4.67. The third-order valence-electron chi connectivity index (χ3n) is 5.99. The lowest BCUT2D eigenvalue weighted by Crippen LogP contribution is -2.68. The molecule has 3 atom stereocenters. The Morgan fingerprint density at radius 3 is 2.70 bits per heavy atom. The van der Waals surface area contributed by atoms with Crippen LogP contribution in [0.15, 0.2) is 36.5 Å². The van der Waals surface area contributed by atoms with Gasteiger partial charge in [0.1, 0.15) is 12.1 Å². The van der Waals surface area contributed by atoms with Gasteiger partial charge >= 0.3 is 0 Å². The number of para-hydroxylation sites is 1. The van der Waals surface area contributed by atoms with Crippen LogP contribution in [0.1, 0.15) is 12.0 Å². The molecule has 0 saturated carbocycles. The molecule has 27 heavy (non-hydrogen) atoms. The normalized spacial score (nSPS) is 28.6. The highest BCUT2D eigenvalue weighted by Gasteiger charge is 2.51. The van der Waals surface area contributed by atoms with Crippen LogP contribution < -0.4 is 0 Å². The van der Waals surface area contributed by atoms with Crippen LogP contribution in [0.3, 0.4) is 0 Å². The summed E-state index contributed by atoms with van der Waals surface area (Å²) in [6, 6.07) is 9.20. The van der Waals surface area contributed by atoms with Gasteiger partial charge in [0.05, 0.1) is 11.6 Å². The fourth-order valence-corrected chi connectivity index (χ4v) is 4.67. The number of aliphatic hydroxyl groups is 1. The van der Waals surface area contributed by atoms with Crippen molar-refractivity contribution in [3.8, 4) is 0 Å². The van der Waals surface area contributed by atoms with Crippen LogP contribution >= 0.6 is 0 Å². The lowest BCUT2D eigenvalue weighted by Gasteiger charge is -2.47. The predicted molar refractivity (Wildman–Crippen MR) is 98.6 cm³/mol. The van der Waals surface area contributed by atoms with Crippen molar-refractivity contribution in [2.75, 3.05) is 26.2 Å². The van der Waals surface area contributed by atoms with E-state index in [1.54, 1.807) is 16.0 Å². The summed E-state index contributed by atoms with van der Waals surface area (Å²) < 4.78 is 0. The van der Waals surface area contributed by atoms with Gasteiger partial charge in [0, 0.05) is 50.7 Å². The largest absolute Gasteiger partial charge is 0.391 e. The van der Waals surface area contributed by atoms with Crippen LogP contribution in [0, 0.1) is 0 Å². The predicted octanol–water partition coefficient (Wildman–Crippen LogP) is 0.223. The Labute approximate surface area is 157 Å². The van der Waals surface area contributed by atoms with Crippen molar-refractivity contribution in [3.05, 3.63) is 42.1 Å². The number of nitrogens with zero attached hydrogens (tertiary/aromatic N) is 4. The van der Waals surface area contributed by atoms with Gasteiger partial charge in [0.2, 0.25) is 11.8 Å². The van der Waals surface area contributed by atoms with Crippen molar-refractivity contribution in [2.45, 2.75) is 31.2 Å². The first kappa shape index (κ1) is 16.6. The van der Waals surface area contributed by atoms with E-state index >= 15 is 0 Å². The first-order chi connectivity index (χ1) is 13.1. The first-order valence-corrected chi connectivity index (χ1v) is 9.46. The summed E-state index contributed by atoms with van der Waals surface area (Å²) in [5.41, 5.74) is 2.11. The maximum atomic E-state index is 12.9. The van der Waals surface area contributed by atoms with Gasteiger partial charge < -0.3 is 14.9 Å². The number of benzene rings is 1. The standard InChI is InChI=1S/C20H22N4O3/c25-15-9-16-19(26)23-8-7-22(12-17(23)20(27)24(16)11-15)10-14-4-1-3-13-5-2-6-21-18(13)14/h1-6,15-17,25H,7-12H2/t15-,16+,17-/m1/s1. The van der Waals surface area contributed by atoms with Gasteiger partial charge in [-0.2, -0.15) is 0 Å². The van der Waals surface area contributed by atoms with Crippen LogP contribution in [0.5, 0.6) is 0 Å². The number of hydrogen-bond acceptors (Lipinski definition) is 5. The molecule has 0 radical (unpaired) electrons. The van der Waals surface area contributed by atoms with Gasteiger partial charge in [-0.25, -0.2) is 0 Å². The Balaban J connectivity index is 1.37. The molecule has 3 aliphatic heterocycles. The second-order valence-electron chi connectivity index (χ2n) is 7.67. The van der Waals surface area contributed by atoms with E-state index in [-0.39, 0.29) is 18.4 Å². The molecule has 4 heterocycles. The Bertz CT molecular complexity index is 912. The Hall–Kier alpha value is -2.51. The molecule has 0 unspecified atom stereocenters. The van der Waals surface area contributed by atoms with Crippen LogP contribution in [-0.2, 0) is 16.1 Å². The minimum absolute atomic E-state index is 0.0115. The summed E-state index contributed by atoms with van der Waals surface area (Å²) >= 11 is 0. The van der Waals surface area contributed by atoms with Gasteiger partial charge in [0.25, 0.3) is 0 Å². The minimum atomic E-state index is -0.595. The van der Waals surface area contributed by atoms with Gasteiger partial charge in [-0.1, -0.05) is 24.3 Å². The number of hydrogen-bond donors (Lipinski definition) is 1. The molecule has 2 amide bonds. The molecule has 7 heteroatoms. The lowest BCUT2D eigenvalue weighted by atomic mass is 10.0. The molecule has 0 spiro atoms. The molecular weight excluding hydrogens is 344 g/mol. The van der Waals surface area contributed by atoms with Crippen molar-refractivity contribution in [3.63, 3.8) is 0 Å².